The number of hydrogen-bond acceptors (Lipinski definition) is 4. The van der Waals surface area contributed by atoms with Crippen molar-refractivity contribution in [3.8, 4) is 0 Å². The van der Waals surface area contributed by atoms with Crippen molar-refractivity contribution in [2.45, 2.75) is 13.8 Å². The quantitative estimate of drug-likeness (QED) is 0.447. The summed E-state index contributed by atoms with van der Waals surface area (Å²) in [5.74, 6) is -0.163. The third-order valence-corrected chi connectivity index (χ3v) is 5.63. The van der Waals surface area contributed by atoms with Crippen molar-refractivity contribution in [1.82, 2.24) is 10.2 Å². The molecular formula is C26H33N5O2. The van der Waals surface area contributed by atoms with Crippen molar-refractivity contribution in [1.29, 1.82) is 0 Å². The summed E-state index contributed by atoms with van der Waals surface area (Å²) in [6.45, 7) is 7.46. The van der Waals surface area contributed by atoms with Crippen LogP contribution in [0.4, 0.5) is 21.9 Å². The first-order valence-electron chi connectivity index (χ1n) is 11.3. The lowest BCUT2D eigenvalue weighted by atomic mass is 10.1. The van der Waals surface area contributed by atoms with Crippen LogP contribution in [0.3, 0.4) is 0 Å². The summed E-state index contributed by atoms with van der Waals surface area (Å²) in [5.41, 5.74) is 2.58. The highest BCUT2D eigenvalue weighted by Gasteiger charge is 2.15. The minimum atomic E-state index is -0.364. The van der Waals surface area contributed by atoms with E-state index in [1.54, 1.807) is 12.1 Å². The fourth-order valence-corrected chi connectivity index (χ4v) is 3.77. The number of fused-ring (bicyclic) bond motifs is 1. The van der Waals surface area contributed by atoms with E-state index in [2.05, 4.69) is 34.7 Å². The summed E-state index contributed by atoms with van der Waals surface area (Å²) >= 11 is 0. The van der Waals surface area contributed by atoms with Gasteiger partial charge in [-0.3, -0.25) is 4.79 Å². The van der Waals surface area contributed by atoms with Crippen molar-refractivity contribution in [3.05, 3.63) is 66.2 Å². The van der Waals surface area contributed by atoms with Gasteiger partial charge in [-0.05, 0) is 42.7 Å². The lowest BCUT2D eigenvalue weighted by molar-refractivity contribution is 0.0949. The zero-order valence-corrected chi connectivity index (χ0v) is 19.8. The Morgan fingerprint density at radius 3 is 2.33 bits per heavy atom. The van der Waals surface area contributed by atoms with Crippen LogP contribution in [0.5, 0.6) is 0 Å². The summed E-state index contributed by atoms with van der Waals surface area (Å²) in [7, 11) is 3.78. The summed E-state index contributed by atoms with van der Waals surface area (Å²) in [6, 6.07) is 18.6. The van der Waals surface area contributed by atoms with Gasteiger partial charge in [0.1, 0.15) is 0 Å². The number of amides is 3. The number of carbonyl (C=O) groups excluding carboxylic acids is 2. The molecule has 0 saturated heterocycles. The molecule has 0 aliphatic carbocycles. The second kappa shape index (κ2) is 11.3. The van der Waals surface area contributed by atoms with Crippen molar-refractivity contribution >= 4 is 39.8 Å². The molecule has 0 bridgehead atoms. The van der Waals surface area contributed by atoms with Crippen LogP contribution in [-0.2, 0) is 0 Å². The van der Waals surface area contributed by atoms with Crippen LogP contribution >= 0.6 is 0 Å². The van der Waals surface area contributed by atoms with Crippen LogP contribution in [0, 0.1) is 0 Å². The van der Waals surface area contributed by atoms with E-state index in [1.807, 2.05) is 67.5 Å². The van der Waals surface area contributed by atoms with Gasteiger partial charge in [0.2, 0.25) is 0 Å². The van der Waals surface area contributed by atoms with Gasteiger partial charge >= 0.3 is 6.03 Å². The van der Waals surface area contributed by atoms with E-state index in [-0.39, 0.29) is 11.9 Å². The number of urea groups is 1. The Morgan fingerprint density at radius 1 is 0.879 bits per heavy atom. The number of likely N-dealkylation sites (N-methyl/N-ethyl adjacent to an activating group) is 1. The highest BCUT2D eigenvalue weighted by Crippen LogP contribution is 2.25. The predicted octanol–water partition coefficient (Wildman–Crippen LogP) is 4.62. The lowest BCUT2D eigenvalue weighted by Gasteiger charge is -2.20. The number of hydrogen-bond donors (Lipinski definition) is 3. The molecule has 0 atom stereocenters. The zero-order valence-electron chi connectivity index (χ0n) is 19.8. The van der Waals surface area contributed by atoms with Gasteiger partial charge in [-0.25, -0.2) is 4.79 Å². The predicted molar refractivity (Wildman–Crippen MR) is 137 cm³/mol. The van der Waals surface area contributed by atoms with Gasteiger partial charge in [-0.1, -0.05) is 50.2 Å². The number of rotatable bonds is 9. The largest absolute Gasteiger partial charge is 0.377 e. The molecule has 3 aromatic carbocycles. The number of nitrogens with one attached hydrogen (secondary N) is 3. The number of benzene rings is 3. The summed E-state index contributed by atoms with van der Waals surface area (Å²) in [5, 5.41) is 10.8. The Bertz CT molecular complexity index is 1100. The molecule has 0 heterocycles. The summed E-state index contributed by atoms with van der Waals surface area (Å²) < 4.78 is 0. The number of carbonyl (C=O) groups is 2. The van der Waals surface area contributed by atoms with Crippen LogP contribution in [0.2, 0.25) is 0 Å². The molecule has 0 aliphatic heterocycles. The summed E-state index contributed by atoms with van der Waals surface area (Å²) in [4.78, 5) is 29.8. The highest BCUT2D eigenvalue weighted by molar-refractivity contribution is 6.07. The molecule has 33 heavy (non-hydrogen) atoms. The average molecular weight is 448 g/mol. The van der Waals surface area contributed by atoms with E-state index in [9.17, 15) is 9.59 Å². The Hall–Kier alpha value is -3.58. The van der Waals surface area contributed by atoms with Crippen LogP contribution in [-0.4, -0.2) is 57.1 Å². The van der Waals surface area contributed by atoms with E-state index < -0.39 is 0 Å². The smallest absolute Gasteiger partial charge is 0.323 e. The van der Waals surface area contributed by atoms with E-state index in [1.165, 1.54) is 0 Å². The van der Waals surface area contributed by atoms with Gasteiger partial charge < -0.3 is 25.8 Å². The van der Waals surface area contributed by atoms with E-state index in [0.29, 0.717) is 17.8 Å². The average Bonchev–Trinajstić information content (AvgIpc) is 2.81. The Morgan fingerprint density at radius 2 is 1.61 bits per heavy atom. The van der Waals surface area contributed by atoms with Crippen LogP contribution in [0.1, 0.15) is 24.2 Å². The van der Waals surface area contributed by atoms with Gasteiger partial charge in [-0.2, -0.15) is 0 Å². The van der Waals surface area contributed by atoms with E-state index in [4.69, 9.17) is 0 Å². The molecule has 3 aromatic rings. The van der Waals surface area contributed by atoms with Crippen molar-refractivity contribution in [2.24, 2.45) is 0 Å². The van der Waals surface area contributed by atoms with Crippen LogP contribution in [0.15, 0.2) is 60.7 Å². The first kappa shape index (κ1) is 24.1. The first-order valence-corrected chi connectivity index (χ1v) is 11.3. The zero-order chi connectivity index (χ0) is 23.8. The van der Waals surface area contributed by atoms with Gasteiger partial charge in [0.15, 0.2) is 0 Å². The number of anilines is 3. The van der Waals surface area contributed by atoms with Crippen molar-refractivity contribution < 1.29 is 9.59 Å². The molecular weight excluding hydrogens is 414 g/mol. The fraction of sp³-hybridized carbons (Fsp3) is 0.308. The molecule has 0 radical (unpaired) electrons. The molecule has 3 N–H and O–H groups in total. The lowest BCUT2D eigenvalue weighted by Crippen LogP contribution is -2.35. The molecule has 0 fully saturated rings. The molecule has 0 unspecified atom stereocenters. The second-order valence-electron chi connectivity index (χ2n) is 8.01. The topological polar surface area (TPSA) is 76.7 Å². The Labute approximate surface area is 195 Å². The molecule has 0 aromatic heterocycles. The maximum Gasteiger partial charge on any atom is 0.323 e. The fourth-order valence-electron chi connectivity index (χ4n) is 3.77. The highest BCUT2D eigenvalue weighted by atomic mass is 16.2. The van der Waals surface area contributed by atoms with E-state index in [0.717, 1.165) is 41.8 Å². The molecule has 3 amide bonds. The minimum Gasteiger partial charge on any atom is -0.377 e. The molecule has 3 rings (SSSR count). The molecule has 7 nitrogen and oxygen atoms in total. The van der Waals surface area contributed by atoms with Crippen molar-refractivity contribution in [2.75, 3.05) is 55.8 Å². The monoisotopic (exact) mass is 447 g/mol. The third-order valence-electron chi connectivity index (χ3n) is 5.63. The maximum atomic E-state index is 12.9. The molecule has 0 saturated carbocycles. The SMILES string of the molecule is CCN(CC)CCNC(=O)c1cc(NC(=O)Nc2cccc3ccccc23)ccc1N(C)C. The normalized spacial score (nSPS) is 10.8. The molecule has 174 valence electrons. The van der Waals surface area contributed by atoms with Gasteiger partial charge in [0.05, 0.1) is 11.3 Å². The standard InChI is InChI=1S/C26H33N5O2/c1-5-31(6-2)17-16-27-25(32)22-18-20(14-15-24(22)30(3)4)28-26(33)29-23-13-9-11-19-10-7-8-12-21(19)23/h7-15,18H,5-6,16-17H2,1-4H3,(H,27,32)(H2,28,29,33). The van der Waals surface area contributed by atoms with E-state index >= 15 is 0 Å². The first-order chi connectivity index (χ1) is 15.9. The van der Waals surface area contributed by atoms with Crippen LogP contribution < -0.4 is 20.9 Å². The molecule has 7 heteroatoms. The molecule has 0 aliphatic rings. The second-order valence-corrected chi connectivity index (χ2v) is 8.01. The van der Waals surface area contributed by atoms with Crippen LogP contribution in [0.25, 0.3) is 10.8 Å². The molecule has 0 spiro atoms. The van der Waals surface area contributed by atoms with Crippen molar-refractivity contribution in [3.63, 3.8) is 0 Å². The van der Waals surface area contributed by atoms with Gasteiger partial charge in [-0.15, -0.1) is 0 Å². The summed E-state index contributed by atoms with van der Waals surface area (Å²) in [6.07, 6.45) is 0. The van der Waals surface area contributed by atoms with Gasteiger partial charge in [0.25, 0.3) is 5.91 Å². The number of nitrogens with zero attached hydrogens (tertiary/aromatic N) is 2. The minimum absolute atomic E-state index is 0.163. The van der Waals surface area contributed by atoms with Gasteiger partial charge in [0, 0.05) is 43.9 Å². The Kier molecular flexibility index (Phi) is 8.27. The maximum absolute atomic E-state index is 12.9. The third kappa shape index (κ3) is 6.23. The Balaban J connectivity index is 1.72.